The maximum Gasteiger partial charge on any atom is 0.394 e. The lowest BCUT2D eigenvalue weighted by Crippen LogP contribution is -2.35. The smallest absolute Gasteiger partial charge is 0.266 e. The van der Waals surface area contributed by atoms with Crippen molar-refractivity contribution in [2.24, 2.45) is 10.1 Å². The van der Waals surface area contributed by atoms with Crippen LogP contribution in [-0.4, -0.2) is 45.9 Å². The molecule has 16 heteroatoms. The van der Waals surface area contributed by atoms with Crippen molar-refractivity contribution < 1.29 is 34.4 Å². The van der Waals surface area contributed by atoms with Crippen molar-refractivity contribution in [3.05, 3.63) is 53.1 Å². The molecule has 0 bridgehead atoms. The molecule has 0 saturated carbocycles. The van der Waals surface area contributed by atoms with Gasteiger partial charge in [0.2, 0.25) is 10.0 Å². The Morgan fingerprint density at radius 2 is 1.65 bits per heavy atom. The zero-order chi connectivity index (χ0) is 23.4. The van der Waals surface area contributed by atoms with Crippen LogP contribution >= 0.6 is 23.4 Å². The van der Waals surface area contributed by atoms with Crippen LogP contribution in [-0.2, 0) is 36.2 Å². The number of sulfonamides is 2. The first kappa shape index (κ1) is 25.5. The predicted molar refractivity (Wildman–Crippen MR) is 117 cm³/mol. The third kappa shape index (κ3) is 8.04. The van der Waals surface area contributed by atoms with E-state index in [1.807, 2.05) is 30.3 Å². The highest BCUT2D eigenvalue weighted by Gasteiger charge is 2.28. The Hall–Kier alpha value is -1.72. The second kappa shape index (κ2) is 9.83. The van der Waals surface area contributed by atoms with Gasteiger partial charge in [-0.1, -0.05) is 41.9 Å². The Morgan fingerprint density at radius 1 is 1.06 bits per heavy atom. The van der Waals surface area contributed by atoms with E-state index in [2.05, 4.69) is 9.71 Å². The molecule has 0 radical (unpaired) electrons. The lowest BCUT2D eigenvalue weighted by Gasteiger charge is -2.19. The standard InChI is InChI=1S/C15H14ClN3O4S3.H2O4S/c16-11-6-12-14(7-13(11)25(17,20)21)26(22,23)19-15(18-12)9-24-8-10-4-2-1-3-5-10;1-5(2,3)4/h1-7H,8-9H2,(H,18,19)(H2,17,20,21);(H2,1,2,3,4). The van der Waals surface area contributed by atoms with Crippen LogP contribution in [0.4, 0.5) is 5.69 Å². The SMILES string of the molecule is NS(=O)(=O)c1cc2c(cc1Cl)N=C(CSCc1ccccc1)NS2(=O)=O.O=S(=O)(O)O. The molecule has 0 amide bonds. The fourth-order valence-electron chi connectivity index (χ4n) is 2.32. The maximum absolute atomic E-state index is 12.4. The van der Waals surface area contributed by atoms with E-state index >= 15 is 0 Å². The van der Waals surface area contributed by atoms with E-state index in [9.17, 15) is 16.8 Å². The second-order valence-electron chi connectivity index (χ2n) is 5.89. The number of amidine groups is 1. The molecular weight excluding hydrogens is 514 g/mol. The first-order valence-corrected chi connectivity index (χ1v) is 13.9. The Morgan fingerprint density at radius 3 is 2.19 bits per heavy atom. The topological polar surface area (TPSA) is 193 Å². The molecule has 1 heterocycles. The Balaban J connectivity index is 0.000000614. The molecule has 11 nitrogen and oxygen atoms in total. The molecule has 2 aromatic carbocycles. The number of benzene rings is 2. The molecular formula is C15H16ClN3O8S4. The van der Waals surface area contributed by atoms with E-state index in [4.69, 9.17) is 34.3 Å². The molecule has 0 atom stereocenters. The van der Waals surface area contributed by atoms with Crippen LogP contribution in [0.1, 0.15) is 5.56 Å². The maximum atomic E-state index is 12.4. The quantitative estimate of drug-likeness (QED) is 0.416. The van der Waals surface area contributed by atoms with Gasteiger partial charge in [-0.15, -0.1) is 11.8 Å². The number of aliphatic imine (C=N–C) groups is 1. The largest absolute Gasteiger partial charge is 0.394 e. The number of nitrogens with one attached hydrogen (secondary N) is 1. The van der Waals surface area contributed by atoms with E-state index < -0.39 is 35.3 Å². The molecule has 0 fully saturated rings. The summed E-state index contributed by atoms with van der Waals surface area (Å²) >= 11 is 7.42. The summed E-state index contributed by atoms with van der Waals surface area (Å²) in [6, 6.07) is 11.8. The number of primary sulfonamides is 1. The number of rotatable bonds is 5. The van der Waals surface area contributed by atoms with Crippen LogP contribution in [0.5, 0.6) is 0 Å². The predicted octanol–water partition coefficient (Wildman–Crippen LogP) is 1.59. The first-order valence-electron chi connectivity index (χ1n) is 7.95. The number of halogens is 1. The summed E-state index contributed by atoms with van der Waals surface area (Å²) in [7, 11) is -12.8. The van der Waals surface area contributed by atoms with E-state index in [1.165, 1.54) is 17.8 Å². The van der Waals surface area contributed by atoms with Crippen LogP contribution in [0.25, 0.3) is 0 Å². The van der Waals surface area contributed by atoms with Crippen LogP contribution in [0.2, 0.25) is 5.02 Å². The number of nitrogens with two attached hydrogens (primary N) is 1. The van der Waals surface area contributed by atoms with E-state index in [0.29, 0.717) is 11.5 Å². The molecule has 1 aliphatic rings. The van der Waals surface area contributed by atoms with Gasteiger partial charge in [0.15, 0.2) is 0 Å². The van der Waals surface area contributed by atoms with Crippen LogP contribution < -0.4 is 9.86 Å². The highest BCUT2D eigenvalue weighted by atomic mass is 35.5. The van der Waals surface area contributed by atoms with Gasteiger partial charge in [0.25, 0.3) is 10.0 Å². The minimum atomic E-state index is -4.67. The summed E-state index contributed by atoms with van der Waals surface area (Å²) in [4.78, 5) is 3.51. The number of nitrogens with zero attached hydrogens (tertiary/aromatic N) is 1. The van der Waals surface area contributed by atoms with Gasteiger partial charge in [-0.05, 0) is 17.7 Å². The Bertz CT molecular complexity index is 1300. The van der Waals surface area contributed by atoms with Crippen LogP contribution in [0.3, 0.4) is 0 Å². The third-order valence-electron chi connectivity index (χ3n) is 3.47. The molecule has 5 N–H and O–H groups in total. The molecule has 0 aliphatic carbocycles. The summed E-state index contributed by atoms with van der Waals surface area (Å²) in [5.41, 5.74) is 1.19. The summed E-state index contributed by atoms with van der Waals surface area (Å²) < 4.78 is 81.9. The van der Waals surface area contributed by atoms with Gasteiger partial charge in [0.1, 0.15) is 15.6 Å². The molecule has 2 aromatic rings. The van der Waals surface area contributed by atoms with Gasteiger partial charge in [0, 0.05) is 5.75 Å². The molecule has 31 heavy (non-hydrogen) atoms. The Kier molecular flexibility index (Phi) is 8.10. The van der Waals surface area contributed by atoms with Crippen molar-refractivity contribution >= 4 is 65.3 Å². The fraction of sp³-hybridized carbons (Fsp3) is 0.133. The van der Waals surface area contributed by atoms with Gasteiger partial charge in [-0.2, -0.15) is 8.42 Å². The van der Waals surface area contributed by atoms with Gasteiger partial charge >= 0.3 is 10.4 Å². The lowest BCUT2D eigenvalue weighted by molar-refractivity contribution is 0.381. The van der Waals surface area contributed by atoms with Crippen molar-refractivity contribution in [1.29, 1.82) is 0 Å². The molecule has 0 spiro atoms. The van der Waals surface area contributed by atoms with Crippen LogP contribution in [0.15, 0.2) is 57.2 Å². The minimum Gasteiger partial charge on any atom is -0.266 e. The van der Waals surface area contributed by atoms with E-state index in [1.54, 1.807) is 0 Å². The highest BCUT2D eigenvalue weighted by Crippen LogP contribution is 2.35. The van der Waals surface area contributed by atoms with Crippen molar-refractivity contribution in [2.45, 2.75) is 15.5 Å². The van der Waals surface area contributed by atoms with Crippen molar-refractivity contribution in [3.8, 4) is 0 Å². The molecule has 0 unspecified atom stereocenters. The van der Waals surface area contributed by atoms with Gasteiger partial charge in [-0.25, -0.2) is 27.0 Å². The average molecular weight is 530 g/mol. The third-order valence-corrected chi connectivity index (χ3v) is 7.27. The molecule has 0 saturated heterocycles. The zero-order valence-corrected chi connectivity index (χ0v) is 19.4. The number of hydrogen-bond acceptors (Lipinski definition) is 8. The van der Waals surface area contributed by atoms with Gasteiger partial charge < -0.3 is 0 Å². The van der Waals surface area contributed by atoms with Crippen molar-refractivity contribution in [2.75, 3.05) is 5.75 Å². The summed E-state index contributed by atoms with van der Waals surface area (Å²) in [6.07, 6.45) is 0. The first-order chi connectivity index (χ1) is 14.2. The van der Waals surface area contributed by atoms with E-state index in [0.717, 1.165) is 11.6 Å². The fourth-order valence-corrected chi connectivity index (χ4v) is 5.64. The summed E-state index contributed by atoms with van der Waals surface area (Å²) in [5.74, 6) is 1.28. The summed E-state index contributed by atoms with van der Waals surface area (Å²) in [6.45, 7) is 0. The number of hydrogen-bond donors (Lipinski definition) is 4. The molecule has 170 valence electrons. The second-order valence-corrected chi connectivity index (χ2v) is 11.4. The highest BCUT2D eigenvalue weighted by molar-refractivity contribution is 7.99. The Labute approximate surface area is 188 Å². The van der Waals surface area contributed by atoms with Crippen molar-refractivity contribution in [1.82, 2.24) is 4.72 Å². The monoisotopic (exact) mass is 529 g/mol. The molecule has 1 aliphatic heterocycles. The number of fused-ring (bicyclic) bond motifs is 1. The lowest BCUT2D eigenvalue weighted by atomic mass is 10.2. The minimum absolute atomic E-state index is 0.0801. The molecule has 0 aromatic heterocycles. The van der Waals surface area contributed by atoms with Gasteiger partial charge in [-0.3, -0.25) is 13.8 Å². The molecule has 3 rings (SSSR count). The van der Waals surface area contributed by atoms with Gasteiger partial charge in [0.05, 0.1) is 16.5 Å². The number of thioether (sulfide) groups is 1. The van der Waals surface area contributed by atoms with Crippen LogP contribution in [0, 0.1) is 0 Å². The summed E-state index contributed by atoms with van der Waals surface area (Å²) in [5, 5.41) is 4.88. The van der Waals surface area contributed by atoms with E-state index in [-0.39, 0.29) is 21.4 Å². The average Bonchev–Trinajstić information content (AvgIpc) is 2.59. The normalized spacial score (nSPS) is 15.0. The van der Waals surface area contributed by atoms with Crippen molar-refractivity contribution in [3.63, 3.8) is 0 Å². The zero-order valence-electron chi connectivity index (χ0n) is 15.3.